The SMILES string of the molecule is Cc1cc(CN2CCc3nc(-c4ccc(N)cc4)[nH]c(=O)c3C2)ccc1F. The van der Waals surface area contributed by atoms with E-state index in [1.807, 2.05) is 18.2 Å². The van der Waals surface area contributed by atoms with E-state index in [9.17, 15) is 9.18 Å². The number of rotatable bonds is 3. The number of anilines is 1. The molecule has 3 N–H and O–H groups in total. The van der Waals surface area contributed by atoms with E-state index in [2.05, 4.69) is 14.9 Å². The summed E-state index contributed by atoms with van der Waals surface area (Å²) in [6.07, 6.45) is 0.710. The first kappa shape index (κ1) is 17.4. The first-order valence-corrected chi connectivity index (χ1v) is 8.95. The average molecular weight is 364 g/mol. The summed E-state index contributed by atoms with van der Waals surface area (Å²) in [4.78, 5) is 22.4. The maximum Gasteiger partial charge on any atom is 0.255 e. The lowest BCUT2D eigenvalue weighted by Gasteiger charge is -2.27. The van der Waals surface area contributed by atoms with Crippen molar-refractivity contribution >= 4 is 5.69 Å². The van der Waals surface area contributed by atoms with Crippen molar-refractivity contribution in [2.75, 3.05) is 12.3 Å². The number of halogens is 1. The van der Waals surface area contributed by atoms with Crippen LogP contribution in [-0.2, 0) is 19.5 Å². The van der Waals surface area contributed by atoms with E-state index in [1.165, 1.54) is 6.07 Å². The van der Waals surface area contributed by atoms with Crippen molar-refractivity contribution in [1.29, 1.82) is 0 Å². The van der Waals surface area contributed by atoms with E-state index in [0.717, 1.165) is 23.4 Å². The highest BCUT2D eigenvalue weighted by atomic mass is 19.1. The minimum atomic E-state index is -0.196. The van der Waals surface area contributed by atoms with Crippen LogP contribution >= 0.6 is 0 Å². The molecule has 0 saturated carbocycles. The molecule has 4 rings (SSSR count). The van der Waals surface area contributed by atoms with Crippen molar-refractivity contribution in [2.45, 2.75) is 26.4 Å². The highest BCUT2D eigenvalue weighted by Crippen LogP contribution is 2.21. The van der Waals surface area contributed by atoms with Gasteiger partial charge < -0.3 is 10.7 Å². The molecular weight excluding hydrogens is 343 g/mol. The average Bonchev–Trinajstić information content (AvgIpc) is 2.66. The van der Waals surface area contributed by atoms with Gasteiger partial charge in [-0.15, -0.1) is 0 Å². The molecule has 0 bridgehead atoms. The zero-order valence-corrected chi connectivity index (χ0v) is 15.1. The quantitative estimate of drug-likeness (QED) is 0.701. The van der Waals surface area contributed by atoms with Crippen LogP contribution in [0.15, 0.2) is 47.3 Å². The topological polar surface area (TPSA) is 75.0 Å². The van der Waals surface area contributed by atoms with E-state index in [-0.39, 0.29) is 11.4 Å². The van der Waals surface area contributed by atoms with Crippen LogP contribution in [0.4, 0.5) is 10.1 Å². The minimum absolute atomic E-state index is 0.105. The smallest absolute Gasteiger partial charge is 0.255 e. The van der Waals surface area contributed by atoms with Gasteiger partial charge in [0.05, 0.1) is 11.3 Å². The highest BCUT2D eigenvalue weighted by molar-refractivity contribution is 5.58. The fourth-order valence-corrected chi connectivity index (χ4v) is 3.46. The number of nitrogen functional groups attached to an aromatic ring is 1. The molecule has 0 fully saturated rings. The Kier molecular flexibility index (Phi) is 4.49. The lowest BCUT2D eigenvalue weighted by atomic mass is 10.0. The standard InChI is InChI=1S/C21H21FN4O/c1-13-10-14(2-7-18(13)22)11-26-9-8-19-17(12-26)21(27)25-20(24-19)15-3-5-16(23)6-4-15/h2-7,10H,8-9,11-12,23H2,1H3,(H,24,25,27). The molecule has 0 radical (unpaired) electrons. The molecular formula is C21H21FN4O. The molecule has 0 saturated heterocycles. The van der Waals surface area contributed by atoms with Crippen LogP contribution in [0.2, 0.25) is 0 Å². The summed E-state index contributed by atoms with van der Waals surface area (Å²) in [5.41, 5.74) is 10.4. The van der Waals surface area contributed by atoms with Crippen LogP contribution in [0.1, 0.15) is 22.4 Å². The maximum absolute atomic E-state index is 13.5. The van der Waals surface area contributed by atoms with Crippen LogP contribution in [0, 0.1) is 12.7 Å². The molecule has 5 nitrogen and oxygen atoms in total. The lowest BCUT2D eigenvalue weighted by Crippen LogP contribution is -2.35. The van der Waals surface area contributed by atoms with Gasteiger partial charge in [-0.1, -0.05) is 12.1 Å². The van der Waals surface area contributed by atoms with Crippen molar-refractivity contribution < 1.29 is 4.39 Å². The molecule has 2 aromatic carbocycles. The summed E-state index contributed by atoms with van der Waals surface area (Å²) in [6.45, 7) is 3.79. The zero-order valence-electron chi connectivity index (χ0n) is 15.1. The van der Waals surface area contributed by atoms with Gasteiger partial charge in [-0.2, -0.15) is 0 Å². The number of nitrogens with one attached hydrogen (secondary N) is 1. The first-order valence-electron chi connectivity index (χ1n) is 8.95. The molecule has 138 valence electrons. The van der Waals surface area contributed by atoms with Crippen molar-refractivity contribution in [3.63, 3.8) is 0 Å². The fraction of sp³-hybridized carbons (Fsp3) is 0.238. The number of hydrogen-bond acceptors (Lipinski definition) is 4. The molecule has 6 heteroatoms. The van der Waals surface area contributed by atoms with Gasteiger partial charge in [-0.25, -0.2) is 9.37 Å². The van der Waals surface area contributed by atoms with Crippen molar-refractivity contribution in [3.05, 3.63) is 81.0 Å². The largest absolute Gasteiger partial charge is 0.399 e. The molecule has 3 aromatic rings. The zero-order chi connectivity index (χ0) is 19.0. The molecule has 1 aliphatic heterocycles. The number of benzene rings is 2. The summed E-state index contributed by atoms with van der Waals surface area (Å²) < 4.78 is 13.5. The van der Waals surface area contributed by atoms with Crippen LogP contribution in [0.3, 0.4) is 0 Å². The Bertz CT molecular complexity index is 1040. The van der Waals surface area contributed by atoms with Crippen molar-refractivity contribution in [1.82, 2.24) is 14.9 Å². The second-order valence-corrected chi connectivity index (χ2v) is 7.01. The molecule has 1 aliphatic rings. The number of aromatic amines is 1. The third kappa shape index (κ3) is 3.61. The number of H-pyrrole nitrogens is 1. The Morgan fingerprint density at radius 2 is 2.00 bits per heavy atom. The second-order valence-electron chi connectivity index (χ2n) is 7.01. The summed E-state index contributed by atoms with van der Waals surface area (Å²) in [7, 11) is 0. The van der Waals surface area contributed by atoms with Gasteiger partial charge in [0.1, 0.15) is 11.6 Å². The van der Waals surface area contributed by atoms with Crippen LogP contribution < -0.4 is 11.3 Å². The van der Waals surface area contributed by atoms with E-state index in [4.69, 9.17) is 5.73 Å². The summed E-state index contributed by atoms with van der Waals surface area (Å²) in [5.74, 6) is 0.375. The third-order valence-corrected chi connectivity index (χ3v) is 4.96. The van der Waals surface area contributed by atoms with E-state index in [1.54, 1.807) is 25.1 Å². The summed E-state index contributed by atoms with van der Waals surface area (Å²) in [6, 6.07) is 12.4. The van der Waals surface area contributed by atoms with Gasteiger partial charge >= 0.3 is 0 Å². The maximum atomic E-state index is 13.5. The first-order chi connectivity index (χ1) is 13.0. The Morgan fingerprint density at radius 3 is 2.74 bits per heavy atom. The third-order valence-electron chi connectivity index (χ3n) is 4.96. The van der Waals surface area contributed by atoms with Gasteiger partial charge in [-0.3, -0.25) is 9.69 Å². The predicted octanol–water partition coefficient (Wildman–Crippen LogP) is 3.02. The number of aromatic nitrogens is 2. The number of fused-ring (bicyclic) bond motifs is 1. The minimum Gasteiger partial charge on any atom is -0.399 e. The van der Waals surface area contributed by atoms with Gasteiger partial charge in [0, 0.05) is 37.3 Å². The number of aryl methyl sites for hydroxylation is 1. The lowest BCUT2D eigenvalue weighted by molar-refractivity contribution is 0.241. The second kappa shape index (κ2) is 6.96. The Morgan fingerprint density at radius 1 is 1.22 bits per heavy atom. The Balaban J connectivity index is 1.57. The van der Waals surface area contributed by atoms with Gasteiger partial charge in [0.25, 0.3) is 5.56 Å². The predicted molar refractivity (Wildman–Crippen MR) is 104 cm³/mol. The molecule has 0 spiro atoms. The van der Waals surface area contributed by atoms with Gasteiger partial charge in [0.15, 0.2) is 0 Å². The molecule has 0 amide bonds. The normalized spacial score (nSPS) is 14.1. The van der Waals surface area contributed by atoms with E-state index >= 15 is 0 Å². The molecule has 0 atom stereocenters. The molecule has 27 heavy (non-hydrogen) atoms. The molecule has 2 heterocycles. The van der Waals surface area contributed by atoms with Crippen LogP contribution in [0.5, 0.6) is 0 Å². The van der Waals surface area contributed by atoms with E-state index in [0.29, 0.717) is 42.1 Å². The van der Waals surface area contributed by atoms with E-state index < -0.39 is 0 Å². The van der Waals surface area contributed by atoms with Crippen LogP contribution in [-0.4, -0.2) is 21.4 Å². The molecule has 0 aliphatic carbocycles. The summed E-state index contributed by atoms with van der Waals surface area (Å²) >= 11 is 0. The van der Waals surface area contributed by atoms with Crippen molar-refractivity contribution in [3.8, 4) is 11.4 Å². The Hall–Kier alpha value is -2.99. The molecule has 0 unspecified atom stereocenters. The van der Waals surface area contributed by atoms with Gasteiger partial charge in [0.2, 0.25) is 0 Å². The van der Waals surface area contributed by atoms with Crippen LogP contribution in [0.25, 0.3) is 11.4 Å². The number of nitrogens with two attached hydrogens (primary N) is 1. The number of hydrogen-bond donors (Lipinski definition) is 2. The fourth-order valence-electron chi connectivity index (χ4n) is 3.46. The number of nitrogens with zero attached hydrogens (tertiary/aromatic N) is 2. The summed E-state index contributed by atoms with van der Waals surface area (Å²) in [5, 5.41) is 0. The van der Waals surface area contributed by atoms with Crippen molar-refractivity contribution in [2.24, 2.45) is 0 Å². The highest BCUT2D eigenvalue weighted by Gasteiger charge is 2.21. The Labute approximate surface area is 156 Å². The van der Waals surface area contributed by atoms with Gasteiger partial charge in [-0.05, 0) is 48.4 Å². The molecule has 1 aromatic heterocycles. The monoisotopic (exact) mass is 364 g/mol.